The molecule has 0 amide bonds. The van der Waals surface area contributed by atoms with Gasteiger partial charge in [0.2, 0.25) is 0 Å². The highest BCUT2D eigenvalue weighted by Gasteiger charge is 2.28. The van der Waals surface area contributed by atoms with Gasteiger partial charge >= 0.3 is 0 Å². The van der Waals surface area contributed by atoms with Crippen LogP contribution in [0.1, 0.15) is 36.6 Å². The van der Waals surface area contributed by atoms with Gasteiger partial charge in [-0.1, -0.05) is 68.4 Å². The van der Waals surface area contributed by atoms with E-state index in [0.29, 0.717) is 18.0 Å². The van der Waals surface area contributed by atoms with Gasteiger partial charge < -0.3 is 5.32 Å². The third-order valence-electron chi connectivity index (χ3n) is 4.12. The molecule has 1 nitrogen and oxygen atoms in total. The SMILES string of the molecule is CC(C)C1Cc2ccccc2C(c2ccccc2)N1. The highest BCUT2D eigenvalue weighted by atomic mass is 15.0. The molecule has 0 bridgehead atoms. The Bertz CT molecular complexity index is 545. The van der Waals surface area contributed by atoms with E-state index in [9.17, 15) is 0 Å². The summed E-state index contributed by atoms with van der Waals surface area (Å²) in [6, 6.07) is 20.5. The van der Waals surface area contributed by atoms with Crippen LogP contribution in [0.15, 0.2) is 54.6 Å². The Labute approximate surface area is 115 Å². The van der Waals surface area contributed by atoms with E-state index < -0.39 is 0 Å². The number of benzene rings is 2. The molecule has 2 aromatic carbocycles. The fourth-order valence-electron chi connectivity index (χ4n) is 2.95. The summed E-state index contributed by atoms with van der Waals surface area (Å²) in [7, 11) is 0. The van der Waals surface area contributed by atoms with Crippen LogP contribution in [0.2, 0.25) is 0 Å². The second-order valence-electron chi connectivity index (χ2n) is 5.76. The van der Waals surface area contributed by atoms with Crippen molar-refractivity contribution in [1.82, 2.24) is 5.32 Å². The Balaban J connectivity index is 2.03. The van der Waals surface area contributed by atoms with E-state index in [0.717, 1.165) is 6.42 Å². The van der Waals surface area contributed by atoms with Gasteiger partial charge in [-0.25, -0.2) is 0 Å². The molecule has 0 aromatic heterocycles. The van der Waals surface area contributed by atoms with E-state index in [1.165, 1.54) is 16.7 Å². The van der Waals surface area contributed by atoms with E-state index in [4.69, 9.17) is 0 Å². The second kappa shape index (κ2) is 5.18. The molecule has 0 saturated carbocycles. The van der Waals surface area contributed by atoms with E-state index in [-0.39, 0.29) is 0 Å². The predicted octanol–water partition coefficient (Wildman–Crippen LogP) is 3.95. The Morgan fingerprint density at radius 1 is 0.947 bits per heavy atom. The first-order chi connectivity index (χ1) is 9.25. The standard InChI is InChI=1S/C18H21N/c1-13(2)17-12-15-10-6-7-11-16(15)18(19-17)14-8-4-3-5-9-14/h3-11,13,17-19H,12H2,1-2H3. The van der Waals surface area contributed by atoms with Crippen LogP contribution in [0.4, 0.5) is 0 Å². The van der Waals surface area contributed by atoms with Crippen LogP contribution in [0.3, 0.4) is 0 Å². The van der Waals surface area contributed by atoms with Crippen molar-refractivity contribution in [1.29, 1.82) is 0 Å². The number of nitrogens with one attached hydrogen (secondary N) is 1. The molecule has 0 spiro atoms. The average molecular weight is 251 g/mol. The largest absolute Gasteiger partial charge is 0.303 e. The van der Waals surface area contributed by atoms with Gasteiger partial charge in [-0.05, 0) is 29.0 Å². The summed E-state index contributed by atoms with van der Waals surface area (Å²) in [5, 5.41) is 3.83. The zero-order valence-corrected chi connectivity index (χ0v) is 11.6. The van der Waals surface area contributed by atoms with Crippen molar-refractivity contribution < 1.29 is 0 Å². The minimum atomic E-state index is 0.332. The highest BCUT2D eigenvalue weighted by Crippen LogP contribution is 2.32. The van der Waals surface area contributed by atoms with Gasteiger partial charge in [0.15, 0.2) is 0 Å². The fourth-order valence-corrected chi connectivity index (χ4v) is 2.95. The summed E-state index contributed by atoms with van der Waals surface area (Å²) >= 11 is 0. The van der Waals surface area contributed by atoms with Gasteiger partial charge in [0.05, 0.1) is 6.04 Å². The summed E-state index contributed by atoms with van der Waals surface area (Å²) in [6.07, 6.45) is 1.14. The molecule has 3 rings (SSSR count). The van der Waals surface area contributed by atoms with Crippen LogP contribution in [0.25, 0.3) is 0 Å². The van der Waals surface area contributed by atoms with Gasteiger partial charge in [0.1, 0.15) is 0 Å². The normalized spacial score (nSPS) is 22.3. The molecule has 2 unspecified atom stereocenters. The van der Waals surface area contributed by atoms with Crippen molar-refractivity contribution in [2.24, 2.45) is 5.92 Å². The zero-order chi connectivity index (χ0) is 13.2. The highest BCUT2D eigenvalue weighted by molar-refractivity contribution is 5.40. The van der Waals surface area contributed by atoms with Gasteiger partial charge in [0.25, 0.3) is 0 Å². The van der Waals surface area contributed by atoms with Gasteiger partial charge in [-0.2, -0.15) is 0 Å². The lowest BCUT2D eigenvalue weighted by molar-refractivity contribution is 0.352. The molecule has 1 heteroatoms. The van der Waals surface area contributed by atoms with Crippen molar-refractivity contribution in [3.05, 3.63) is 71.3 Å². The van der Waals surface area contributed by atoms with Crippen LogP contribution in [-0.2, 0) is 6.42 Å². The lowest BCUT2D eigenvalue weighted by Gasteiger charge is -2.35. The molecule has 1 heterocycles. The van der Waals surface area contributed by atoms with E-state index in [1.54, 1.807) is 0 Å². The molecule has 19 heavy (non-hydrogen) atoms. The Kier molecular flexibility index (Phi) is 3.39. The van der Waals surface area contributed by atoms with Gasteiger partial charge in [-0.15, -0.1) is 0 Å². The van der Waals surface area contributed by atoms with Crippen LogP contribution < -0.4 is 5.32 Å². The van der Waals surface area contributed by atoms with Crippen molar-refractivity contribution in [3.8, 4) is 0 Å². The van der Waals surface area contributed by atoms with Crippen LogP contribution >= 0.6 is 0 Å². The smallest absolute Gasteiger partial charge is 0.0581 e. The third-order valence-corrected chi connectivity index (χ3v) is 4.12. The van der Waals surface area contributed by atoms with Crippen molar-refractivity contribution in [3.63, 3.8) is 0 Å². The molecular weight excluding hydrogens is 230 g/mol. The number of hydrogen-bond donors (Lipinski definition) is 1. The molecule has 0 fully saturated rings. The summed E-state index contributed by atoms with van der Waals surface area (Å²) in [4.78, 5) is 0. The molecule has 0 radical (unpaired) electrons. The number of rotatable bonds is 2. The van der Waals surface area contributed by atoms with Crippen molar-refractivity contribution >= 4 is 0 Å². The number of hydrogen-bond acceptors (Lipinski definition) is 1. The lowest BCUT2D eigenvalue weighted by Crippen LogP contribution is -2.43. The summed E-state index contributed by atoms with van der Waals surface area (Å²) < 4.78 is 0. The lowest BCUT2D eigenvalue weighted by atomic mass is 9.83. The molecule has 1 N–H and O–H groups in total. The van der Waals surface area contributed by atoms with Crippen molar-refractivity contribution in [2.75, 3.05) is 0 Å². The Morgan fingerprint density at radius 2 is 1.63 bits per heavy atom. The zero-order valence-electron chi connectivity index (χ0n) is 11.6. The van der Waals surface area contributed by atoms with E-state index in [1.807, 2.05) is 0 Å². The van der Waals surface area contributed by atoms with E-state index in [2.05, 4.69) is 73.8 Å². The topological polar surface area (TPSA) is 12.0 Å². The monoisotopic (exact) mass is 251 g/mol. The average Bonchev–Trinajstić information content (AvgIpc) is 2.47. The van der Waals surface area contributed by atoms with E-state index >= 15 is 0 Å². The molecule has 2 atom stereocenters. The first kappa shape index (κ1) is 12.4. The molecule has 1 aliphatic rings. The minimum Gasteiger partial charge on any atom is -0.303 e. The molecule has 2 aromatic rings. The molecular formula is C18H21N. The van der Waals surface area contributed by atoms with Crippen LogP contribution in [-0.4, -0.2) is 6.04 Å². The maximum atomic E-state index is 3.83. The Hall–Kier alpha value is -1.60. The maximum absolute atomic E-state index is 3.83. The summed E-state index contributed by atoms with van der Waals surface area (Å²) in [6.45, 7) is 4.60. The Morgan fingerprint density at radius 3 is 2.37 bits per heavy atom. The first-order valence-corrected chi connectivity index (χ1v) is 7.14. The fraction of sp³-hybridized carbons (Fsp3) is 0.333. The minimum absolute atomic E-state index is 0.332. The predicted molar refractivity (Wildman–Crippen MR) is 80.2 cm³/mol. The van der Waals surface area contributed by atoms with Crippen LogP contribution in [0, 0.1) is 5.92 Å². The quantitative estimate of drug-likeness (QED) is 0.852. The second-order valence-corrected chi connectivity index (χ2v) is 5.76. The molecule has 0 aliphatic carbocycles. The summed E-state index contributed by atoms with van der Waals surface area (Å²) in [5.74, 6) is 0.652. The number of fused-ring (bicyclic) bond motifs is 1. The first-order valence-electron chi connectivity index (χ1n) is 7.14. The van der Waals surface area contributed by atoms with Crippen LogP contribution in [0.5, 0.6) is 0 Å². The van der Waals surface area contributed by atoms with Gasteiger partial charge in [0, 0.05) is 6.04 Å². The van der Waals surface area contributed by atoms with Gasteiger partial charge in [-0.3, -0.25) is 0 Å². The molecule has 1 aliphatic heterocycles. The molecule has 98 valence electrons. The van der Waals surface area contributed by atoms with Crippen molar-refractivity contribution in [2.45, 2.75) is 32.4 Å². The maximum Gasteiger partial charge on any atom is 0.0581 e. The molecule has 0 saturated heterocycles. The summed E-state index contributed by atoms with van der Waals surface area (Å²) in [5.41, 5.74) is 4.29. The third kappa shape index (κ3) is 2.43.